The van der Waals surface area contributed by atoms with Crippen LogP contribution < -0.4 is 10.6 Å². The number of allylic oxidation sites excluding steroid dienone is 2. The van der Waals surface area contributed by atoms with Crippen molar-refractivity contribution in [3.05, 3.63) is 70.8 Å². The van der Waals surface area contributed by atoms with Gasteiger partial charge in [-0.15, -0.1) is 0 Å². The Kier molecular flexibility index (Phi) is 7.77. The van der Waals surface area contributed by atoms with Gasteiger partial charge in [-0.2, -0.15) is 0 Å². The fraction of sp³-hybridized carbons (Fsp3) is 0.500. The van der Waals surface area contributed by atoms with Crippen molar-refractivity contribution in [2.24, 2.45) is 5.92 Å². The number of rotatable bonds is 7. The summed E-state index contributed by atoms with van der Waals surface area (Å²) in [5.74, 6) is 1.52. The number of nitrogens with zero attached hydrogens (tertiary/aromatic N) is 2. The van der Waals surface area contributed by atoms with Crippen LogP contribution in [-0.4, -0.2) is 29.5 Å². The van der Waals surface area contributed by atoms with E-state index in [2.05, 4.69) is 87.2 Å². The molecule has 4 nitrogen and oxygen atoms in total. The average Bonchev–Trinajstić information content (AvgIpc) is 2.85. The van der Waals surface area contributed by atoms with Crippen LogP contribution >= 0.6 is 0 Å². The summed E-state index contributed by atoms with van der Waals surface area (Å²) in [6, 6.07) is 7.66. The van der Waals surface area contributed by atoms with Crippen LogP contribution in [0.3, 0.4) is 0 Å². The minimum atomic E-state index is 0.425. The second-order valence-corrected chi connectivity index (χ2v) is 10.1. The molecule has 2 N–H and O–H groups in total. The van der Waals surface area contributed by atoms with Crippen LogP contribution in [0.15, 0.2) is 42.9 Å². The van der Waals surface area contributed by atoms with E-state index in [1.807, 2.05) is 0 Å². The number of hydrogen-bond acceptors (Lipinski definition) is 4. The molecule has 1 fully saturated rings. The summed E-state index contributed by atoms with van der Waals surface area (Å²) in [4.78, 5) is 7.24. The van der Waals surface area contributed by atoms with Crippen LogP contribution in [0.4, 0.5) is 0 Å². The minimum Gasteiger partial charge on any atom is -0.373 e. The van der Waals surface area contributed by atoms with Gasteiger partial charge in [-0.3, -0.25) is 4.98 Å². The van der Waals surface area contributed by atoms with Gasteiger partial charge in [0.2, 0.25) is 0 Å². The van der Waals surface area contributed by atoms with E-state index in [9.17, 15) is 0 Å². The lowest BCUT2D eigenvalue weighted by molar-refractivity contribution is 0.297. The Morgan fingerprint density at radius 3 is 2.76 bits per heavy atom. The molecule has 4 rings (SSSR count). The minimum absolute atomic E-state index is 0.425. The average molecular weight is 459 g/mol. The van der Waals surface area contributed by atoms with Crippen molar-refractivity contribution in [1.29, 1.82) is 0 Å². The fourth-order valence-corrected chi connectivity index (χ4v) is 5.62. The van der Waals surface area contributed by atoms with Crippen LogP contribution in [0.2, 0.25) is 0 Å². The molecule has 4 heteroatoms. The Balaban J connectivity index is 1.78. The first-order valence-corrected chi connectivity index (χ1v) is 13.1. The zero-order chi connectivity index (χ0) is 24.2. The van der Waals surface area contributed by atoms with Crippen LogP contribution in [0.5, 0.6) is 0 Å². The van der Waals surface area contributed by atoms with E-state index < -0.39 is 0 Å². The molecule has 1 saturated heterocycles. The molecule has 1 atom stereocenters. The van der Waals surface area contributed by atoms with Gasteiger partial charge in [0.05, 0.1) is 5.82 Å². The van der Waals surface area contributed by atoms with Gasteiger partial charge in [0.25, 0.3) is 0 Å². The topological polar surface area (TPSA) is 40.2 Å². The van der Waals surface area contributed by atoms with Crippen LogP contribution in [0.25, 0.3) is 16.7 Å². The maximum absolute atomic E-state index is 4.83. The molecule has 0 aliphatic carbocycles. The molecule has 182 valence electrons. The van der Waals surface area contributed by atoms with Gasteiger partial charge in [-0.05, 0) is 98.0 Å². The number of nitrogens with one attached hydrogen (secondary N) is 2. The predicted molar refractivity (Wildman–Crippen MR) is 144 cm³/mol. The van der Waals surface area contributed by atoms with Crippen molar-refractivity contribution >= 4 is 5.57 Å². The predicted octanol–water partition coefficient (Wildman–Crippen LogP) is 6.37. The highest BCUT2D eigenvalue weighted by Crippen LogP contribution is 2.37. The molecule has 0 amide bonds. The van der Waals surface area contributed by atoms with E-state index in [1.54, 1.807) is 0 Å². The lowest BCUT2D eigenvalue weighted by Gasteiger charge is -2.36. The maximum Gasteiger partial charge on any atom is 0.0941 e. The molecular weight excluding hydrogens is 416 g/mol. The summed E-state index contributed by atoms with van der Waals surface area (Å²) < 4.78 is 0. The summed E-state index contributed by atoms with van der Waals surface area (Å²) >= 11 is 0. The van der Waals surface area contributed by atoms with Crippen molar-refractivity contribution in [3.63, 3.8) is 0 Å². The zero-order valence-electron chi connectivity index (χ0n) is 21.8. The number of hydrogen-bond donors (Lipinski definition) is 2. The van der Waals surface area contributed by atoms with E-state index in [1.165, 1.54) is 58.2 Å². The highest BCUT2D eigenvalue weighted by atomic mass is 15.2. The van der Waals surface area contributed by atoms with Crippen LogP contribution in [0, 0.1) is 12.8 Å². The molecule has 1 aromatic heterocycles. The summed E-state index contributed by atoms with van der Waals surface area (Å²) in [7, 11) is 0. The van der Waals surface area contributed by atoms with Crippen molar-refractivity contribution in [2.75, 3.05) is 19.6 Å². The number of aryl methyl sites for hydroxylation is 1. The number of pyridine rings is 1. The number of aromatic nitrogens is 1. The van der Waals surface area contributed by atoms with Gasteiger partial charge in [0, 0.05) is 43.1 Å². The molecule has 0 bridgehead atoms. The van der Waals surface area contributed by atoms with Gasteiger partial charge in [0.15, 0.2) is 0 Å². The first-order chi connectivity index (χ1) is 16.4. The van der Waals surface area contributed by atoms with Crippen molar-refractivity contribution in [2.45, 2.75) is 72.9 Å². The third-order valence-electron chi connectivity index (χ3n) is 7.49. The third kappa shape index (κ3) is 5.07. The van der Waals surface area contributed by atoms with Crippen molar-refractivity contribution in [3.8, 4) is 11.1 Å². The van der Waals surface area contributed by atoms with E-state index in [0.717, 1.165) is 44.1 Å². The van der Waals surface area contributed by atoms with Crippen molar-refractivity contribution in [1.82, 2.24) is 20.5 Å². The molecule has 0 spiro atoms. The molecule has 3 heterocycles. The summed E-state index contributed by atoms with van der Waals surface area (Å²) in [6.07, 6.45) is 9.13. The van der Waals surface area contributed by atoms with Gasteiger partial charge < -0.3 is 15.5 Å². The monoisotopic (exact) mass is 458 g/mol. The van der Waals surface area contributed by atoms with E-state index in [4.69, 9.17) is 4.98 Å². The molecule has 2 aliphatic heterocycles. The van der Waals surface area contributed by atoms with Gasteiger partial charge in [-0.25, -0.2) is 0 Å². The van der Waals surface area contributed by atoms with Crippen LogP contribution in [-0.2, 0) is 13.0 Å². The number of fused-ring (bicyclic) bond motifs is 1. The molecule has 1 aromatic carbocycles. The van der Waals surface area contributed by atoms with E-state index >= 15 is 0 Å². The Morgan fingerprint density at radius 1 is 1.26 bits per heavy atom. The molecule has 0 saturated carbocycles. The molecule has 2 aliphatic rings. The SMILES string of the molecule is C=C(NCC)N1CCc2cc(-c3cnc(C)c(/C(=C\C)C(C)C)c3)cc(C3CCCCN3)c2C1. The normalized spacial score (nSPS) is 18.7. The van der Waals surface area contributed by atoms with Crippen LogP contribution in [0.1, 0.15) is 80.9 Å². The summed E-state index contributed by atoms with van der Waals surface area (Å²) in [5, 5.41) is 7.24. The zero-order valence-corrected chi connectivity index (χ0v) is 21.8. The molecule has 0 radical (unpaired) electrons. The quantitative estimate of drug-likeness (QED) is 0.506. The van der Waals surface area contributed by atoms with Crippen molar-refractivity contribution < 1.29 is 0 Å². The highest BCUT2D eigenvalue weighted by Gasteiger charge is 2.26. The first kappa shape index (κ1) is 24.5. The molecular formula is C30H42N4. The smallest absolute Gasteiger partial charge is 0.0941 e. The fourth-order valence-electron chi connectivity index (χ4n) is 5.62. The van der Waals surface area contributed by atoms with Gasteiger partial charge in [-0.1, -0.05) is 39.0 Å². The second-order valence-electron chi connectivity index (χ2n) is 10.1. The largest absolute Gasteiger partial charge is 0.373 e. The first-order valence-electron chi connectivity index (χ1n) is 13.1. The van der Waals surface area contributed by atoms with Gasteiger partial charge >= 0.3 is 0 Å². The number of benzene rings is 1. The lowest BCUT2D eigenvalue weighted by Crippen LogP contribution is -2.37. The maximum atomic E-state index is 4.83. The lowest BCUT2D eigenvalue weighted by atomic mass is 9.84. The van der Waals surface area contributed by atoms with E-state index in [-0.39, 0.29) is 0 Å². The number of piperidine rings is 1. The molecule has 1 unspecified atom stereocenters. The standard InChI is InChI=1S/C30H42N4/c1-7-26(20(3)4)27-17-25(18-33-21(27)5)24-15-23-12-14-34(22(6)31-8-2)19-29(23)28(16-24)30-11-9-10-13-32-30/h7,15-18,20,30-32H,6,8-14,19H2,1-5H3/b26-7-. The Morgan fingerprint density at radius 2 is 2.09 bits per heavy atom. The third-order valence-corrected chi connectivity index (χ3v) is 7.49. The van der Waals surface area contributed by atoms with E-state index in [0.29, 0.717) is 12.0 Å². The Labute approximate surface area is 206 Å². The molecule has 2 aromatic rings. The second kappa shape index (κ2) is 10.8. The Hall–Kier alpha value is -2.59. The van der Waals surface area contributed by atoms with Gasteiger partial charge in [0.1, 0.15) is 0 Å². The molecule has 34 heavy (non-hydrogen) atoms. The summed E-state index contributed by atoms with van der Waals surface area (Å²) in [5.41, 5.74) is 10.7. The highest BCUT2D eigenvalue weighted by molar-refractivity contribution is 5.75. The summed E-state index contributed by atoms with van der Waals surface area (Å²) in [6.45, 7) is 19.2. The Bertz CT molecular complexity index is 1060.